The molecule has 0 spiro atoms. The molecule has 26 heavy (non-hydrogen) atoms. The van der Waals surface area contributed by atoms with Crippen LogP contribution in [0.4, 0.5) is 0 Å². The van der Waals surface area contributed by atoms with Gasteiger partial charge in [0.05, 0.1) is 13.1 Å². The smallest absolute Gasteiger partial charge is 0.242 e. The van der Waals surface area contributed by atoms with Gasteiger partial charge < -0.3 is 9.80 Å². The molecule has 0 unspecified atom stereocenters. The summed E-state index contributed by atoms with van der Waals surface area (Å²) >= 11 is 1.64. The van der Waals surface area contributed by atoms with E-state index in [-0.39, 0.29) is 24.4 Å². The van der Waals surface area contributed by atoms with Gasteiger partial charge in [0.2, 0.25) is 11.8 Å². The van der Waals surface area contributed by atoms with Crippen LogP contribution in [0, 0.1) is 0 Å². The topological polar surface area (TPSA) is 40.6 Å². The van der Waals surface area contributed by atoms with E-state index in [1.165, 1.54) is 0 Å². The summed E-state index contributed by atoms with van der Waals surface area (Å²) in [5.41, 5.74) is 1.09. The molecule has 0 atom stereocenters. The third-order valence-electron chi connectivity index (χ3n) is 4.21. The van der Waals surface area contributed by atoms with Gasteiger partial charge in [-0.15, -0.1) is 11.3 Å². The van der Waals surface area contributed by atoms with Gasteiger partial charge in [-0.2, -0.15) is 0 Å². The first kappa shape index (κ1) is 20.2. The van der Waals surface area contributed by atoms with Crippen LogP contribution >= 0.6 is 11.3 Å². The predicted octanol–water partition coefficient (Wildman–Crippen LogP) is 4.31. The van der Waals surface area contributed by atoms with Crippen molar-refractivity contribution in [2.75, 3.05) is 6.54 Å². The molecule has 0 aliphatic carbocycles. The number of carbonyl (C=O) groups is 2. The zero-order valence-electron chi connectivity index (χ0n) is 15.9. The van der Waals surface area contributed by atoms with Gasteiger partial charge in [0.1, 0.15) is 0 Å². The first-order valence-electron chi connectivity index (χ1n) is 9.14. The summed E-state index contributed by atoms with van der Waals surface area (Å²) in [6, 6.07) is 14.0. The average Bonchev–Trinajstić information content (AvgIpc) is 3.12. The Hall–Kier alpha value is -2.14. The fourth-order valence-electron chi connectivity index (χ4n) is 2.79. The molecule has 2 amide bonds. The number of thiophene rings is 1. The maximum absolute atomic E-state index is 13.0. The summed E-state index contributed by atoms with van der Waals surface area (Å²) < 4.78 is 0. The Morgan fingerprint density at radius 2 is 1.73 bits per heavy atom. The lowest BCUT2D eigenvalue weighted by Crippen LogP contribution is -2.45. The largest absolute Gasteiger partial charge is 0.332 e. The van der Waals surface area contributed by atoms with Crippen LogP contribution in [-0.2, 0) is 22.7 Å². The zero-order valence-corrected chi connectivity index (χ0v) is 16.7. The highest BCUT2D eigenvalue weighted by molar-refractivity contribution is 7.09. The molecule has 0 aliphatic heterocycles. The lowest BCUT2D eigenvalue weighted by molar-refractivity contribution is -0.142. The van der Waals surface area contributed by atoms with Gasteiger partial charge in [-0.1, -0.05) is 43.3 Å². The third kappa shape index (κ3) is 5.99. The van der Waals surface area contributed by atoms with E-state index >= 15 is 0 Å². The Kier molecular flexibility index (Phi) is 7.85. The lowest BCUT2D eigenvalue weighted by Gasteiger charge is -2.30. The first-order valence-corrected chi connectivity index (χ1v) is 10.0. The van der Waals surface area contributed by atoms with Gasteiger partial charge in [-0.3, -0.25) is 9.59 Å². The van der Waals surface area contributed by atoms with Crippen molar-refractivity contribution in [1.82, 2.24) is 9.80 Å². The SMILES string of the molecule is CCCC(=O)N(CC(=O)N(Cc1ccccc1)Cc1cccs1)C(C)C. The summed E-state index contributed by atoms with van der Waals surface area (Å²) in [7, 11) is 0. The molecule has 5 heteroatoms. The normalized spacial score (nSPS) is 10.8. The Morgan fingerprint density at radius 3 is 2.31 bits per heavy atom. The maximum atomic E-state index is 13.0. The molecule has 4 nitrogen and oxygen atoms in total. The van der Waals surface area contributed by atoms with Crippen molar-refractivity contribution in [2.45, 2.75) is 52.7 Å². The van der Waals surface area contributed by atoms with E-state index in [0.717, 1.165) is 16.9 Å². The van der Waals surface area contributed by atoms with E-state index < -0.39 is 0 Å². The second-order valence-electron chi connectivity index (χ2n) is 6.68. The molecule has 0 bridgehead atoms. The Labute approximate surface area is 160 Å². The fourth-order valence-corrected chi connectivity index (χ4v) is 3.51. The van der Waals surface area contributed by atoms with Gasteiger partial charge in [0, 0.05) is 23.9 Å². The molecular formula is C21H28N2O2S. The molecule has 0 radical (unpaired) electrons. The minimum Gasteiger partial charge on any atom is -0.332 e. The number of rotatable bonds is 9. The molecular weight excluding hydrogens is 344 g/mol. The number of hydrogen-bond donors (Lipinski definition) is 0. The number of hydrogen-bond acceptors (Lipinski definition) is 3. The van der Waals surface area contributed by atoms with Gasteiger partial charge >= 0.3 is 0 Å². The highest BCUT2D eigenvalue weighted by atomic mass is 32.1. The Morgan fingerprint density at radius 1 is 1.00 bits per heavy atom. The van der Waals surface area contributed by atoms with Crippen LogP contribution in [0.2, 0.25) is 0 Å². The summed E-state index contributed by atoms with van der Waals surface area (Å²) in [4.78, 5) is 30.1. The molecule has 2 rings (SSSR count). The summed E-state index contributed by atoms with van der Waals surface area (Å²) in [5, 5.41) is 2.02. The van der Waals surface area contributed by atoms with Gasteiger partial charge in [-0.05, 0) is 37.3 Å². The standard InChI is InChI=1S/C21H28N2O2S/c1-4-9-20(24)23(17(2)3)16-21(25)22(15-19-12-8-13-26-19)14-18-10-6-5-7-11-18/h5-8,10-13,17H,4,9,14-16H2,1-3H3. The lowest BCUT2D eigenvalue weighted by atomic mass is 10.2. The van der Waals surface area contributed by atoms with Crippen molar-refractivity contribution in [3.63, 3.8) is 0 Å². The van der Waals surface area contributed by atoms with Gasteiger partial charge in [0.25, 0.3) is 0 Å². The molecule has 1 aromatic heterocycles. The third-order valence-corrected chi connectivity index (χ3v) is 5.07. The molecule has 0 N–H and O–H groups in total. The van der Waals surface area contributed by atoms with E-state index in [9.17, 15) is 9.59 Å². The monoisotopic (exact) mass is 372 g/mol. The first-order chi connectivity index (χ1) is 12.5. The van der Waals surface area contributed by atoms with E-state index in [1.54, 1.807) is 16.2 Å². The second-order valence-corrected chi connectivity index (χ2v) is 7.71. The van der Waals surface area contributed by atoms with Crippen molar-refractivity contribution in [3.8, 4) is 0 Å². The minimum atomic E-state index is -0.0135. The van der Waals surface area contributed by atoms with Crippen LogP contribution in [0.3, 0.4) is 0 Å². The average molecular weight is 373 g/mol. The van der Waals surface area contributed by atoms with E-state index in [2.05, 4.69) is 0 Å². The van der Waals surface area contributed by atoms with Crippen LogP contribution in [0.25, 0.3) is 0 Å². The van der Waals surface area contributed by atoms with Crippen molar-refractivity contribution in [2.24, 2.45) is 0 Å². The quantitative estimate of drug-likeness (QED) is 0.658. The highest BCUT2D eigenvalue weighted by Gasteiger charge is 2.23. The van der Waals surface area contributed by atoms with Crippen LogP contribution in [-0.4, -0.2) is 34.2 Å². The molecule has 1 heterocycles. The van der Waals surface area contributed by atoms with E-state index in [1.807, 2.05) is 73.5 Å². The van der Waals surface area contributed by atoms with Crippen LogP contribution < -0.4 is 0 Å². The van der Waals surface area contributed by atoms with Gasteiger partial charge in [-0.25, -0.2) is 0 Å². The minimum absolute atomic E-state index is 0.0123. The summed E-state index contributed by atoms with van der Waals surface area (Å²) in [6.45, 7) is 7.15. The fraction of sp³-hybridized carbons (Fsp3) is 0.429. The Bertz CT molecular complexity index is 683. The molecule has 1 aromatic carbocycles. The summed E-state index contributed by atoms with van der Waals surface area (Å²) in [5.74, 6) is 0.0343. The molecule has 2 aromatic rings. The highest BCUT2D eigenvalue weighted by Crippen LogP contribution is 2.16. The van der Waals surface area contributed by atoms with Gasteiger partial charge in [0.15, 0.2) is 0 Å². The predicted molar refractivity (Wildman–Crippen MR) is 107 cm³/mol. The zero-order chi connectivity index (χ0) is 18.9. The molecule has 0 saturated heterocycles. The Balaban J connectivity index is 2.14. The number of carbonyl (C=O) groups excluding carboxylic acids is 2. The molecule has 0 saturated carbocycles. The number of amides is 2. The van der Waals surface area contributed by atoms with E-state index in [0.29, 0.717) is 19.5 Å². The molecule has 140 valence electrons. The van der Waals surface area contributed by atoms with Crippen LogP contribution in [0.15, 0.2) is 47.8 Å². The van der Waals surface area contributed by atoms with E-state index in [4.69, 9.17) is 0 Å². The molecule has 0 fully saturated rings. The number of nitrogens with zero attached hydrogens (tertiary/aromatic N) is 2. The van der Waals surface area contributed by atoms with Crippen molar-refractivity contribution < 1.29 is 9.59 Å². The molecule has 0 aliphatic rings. The van der Waals surface area contributed by atoms with Crippen molar-refractivity contribution in [3.05, 3.63) is 58.3 Å². The van der Waals surface area contributed by atoms with Crippen LogP contribution in [0.1, 0.15) is 44.1 Å². The second kappa shape index (κ2) is 10.1. The summed E-state index contributed by atoms with van der Waals surface area (Å²) in [6.07, 6.45) is 1.27. The maximum Gasteiger partial charge on any atom is 0.242 e. The van der Waals surface area contributed by atoms with Crippen molar-refractivity contribution >= 4 is 23.2 Å². The number of benzene rings is 1. The van der Waals surface area contributed by atoms with Crippen molar-refractivity contribution in [1.29, 1.82) is 0 Å². The van der Waals surface area contributed by atoms with Crippen LogP contribution in [0.5, 0.6) is 0 Å².